The molecule has 84 valence electrons. The number of amides is 1. The molecule has 0 radical (unpaired) electrons. The van der Waals surface area contributed by atoms with Gasteiger partial charge in [0.05, 0.1) is 12.8 Å². The van der Waals surface area contributed by atoms with Gasteiger partial charge in [0.2, 0.25) is 5.91 Å². The fourth-order valence-corrected chi connectivity index (χ4v) is 1.27. The zero-order valence-corrected chi connectivity index (χ0v) is 8.83. The van der Waals surface area contributed by atoms with Crippen molar-refractivity contribution in [3.05, 3.63) is 36.8 Å². The second-order valence-corrected chi connectivity index (χ2v) is 3.35. The Labute approximate surface area is 92.3 Å². The first-order valence-electron chi connectivity index (χ1n) is 4.91. The third-order valence-electron chi connectivity index (χ3n) is 2.23. The summed E-state index contributed by atoms with van der Waals surface area (Å²) in [5.74, 6) is 0.598. The molecule has 0 unspecified atom stereocenters. The standard InChI is InChI=1S/C10H12N4O2/c1-8(14-7-11-6-13-14)10(15)12-5-9-3-2-4-16-9/h2-4,6-8H,5H2,1H3,(H,12,15)/t8-/m0/s1. The van der Waals surface area contributed by atoms with Crippen LogP contribution in [-0.4, -0.2) is 20.7 Å². The third kappa shape index (κ3) is 2.28. The Hall–Kier alpha value is -2.11. The summed E-state index contributed by atoms with van der Waals surface area (Å²) in [6.45, 7) is 2.14. The highest BCUT2D eigenvalue weighted by Crippen LogP contribution is 2.03. The number of rotatable bonds is 4. The predicted octanol–water partition coefficient (Wildman–Crippen LogP) is 0.748. The Morgan fingerprint density at radius 3 is 3.19 bits per heavy atom. The number of aromatic nitrogens is 3. The summed E-state index contributed by atoms with van der Waals surface area (Å²) in [6.07, 6.45) is 4.48. The molecule has 2 aromatic heterocycles. The maximum absolute atomic E-state index is 11.7. The van der Waals surface area contributed by atoms with E-state index in [1.54, 1.807) is 25.3 Å². The van der Waals surface area contributed by atoms with Gasteiger partial charge in [0, 0.05) is 0 Å². The van der Waals surface area contributed by atoms with Gasteiger partial charge in [0.15, 0.2) is 0 Å². The summed E-state index contributed by atoms with van der Waals surface area (Å²) in [4.78, 5) is 15.5. The second-order valence-electron chi connectivity index (χ2n) is 3.35. The van der Waals surface area contributed by atoms with E-state index in [2.05, 4.69) is 15.4 Å². The van der Waals surface area contributed by atoms with E-state index in [0.717, 1.165) is 5.76 Å². The topological polar surface area (TPSA) is 73.0 Å². The van der Waals surface area contributed by atoms with Crippen LogP contribution in [0.2, 0.25) is 0 Å². The number of hydrogen-bond donors (Lipinski definition) is 1. The van der Waals surface area contributed by atoms with Crippen molar-refractivity contribution < 1.29 is 9.21 Å². The summed E-state index contributed by atoms with van der Waals surface area (Å²) >= 11 is 0. The maximum atomic E-state index is 11.7. The van der Waals surface area contributed by atoms with Crippen LogP contribution < -0.4 is 5.32 Å². The highest BCUT2D eigenvalue weighted by Gasteiger charge is 2.14. The van der Waals surface area contributed by atoms with Crippen molar-refractivity contribution in [2.45, 2.75) is 19.5 Å². The molecule has 16 heavy (non-hydrogen) atoms. The first-order chi connectivity index (χ1) is 7.77. The summed E-state index contributed by atoms with van der Waals surface area (Å²) < 4.78 is 6.60. The summed E-state index contributed by atoms with van der Waals surface area (Å²) in [6, 6.07) is 3.21. The van der Waals surface area contributed by atoms with Crippen LogP contribution >= 0.6 is 0 Å². The summed E-state index contributed by atoms with van der Waals surface area (Å²) in [7, 11) is 0. The first kappa shape index (κ1) is 10.4. The normalized spacial score (nSPS) is 12.3. The number of nitrogens with one attached hydrogen (secondary N) is 1. The molecule has 0 aromatic carbocycles. The van der Waals surface area contributed by atoms with Gasteiger partial charge in [-0.15, -0.1) is 0 Å². The van der Waals surface area contributed by atoms with Gasteiger partial charge in [-0.1, -0.05) is 0 Å². The van der Waals surface area contributed by atoms with Crippen molar-refractivity contribution in [1.29, 1.82) is 0 Å². The Kier molecular flexibility index (Phi) is 3.00. The lowest BCUT2D eigenvalue weighted by atomic mass is 10.3. The van der Waals surface area contributed by atoms with Gasteiger partial charge in [-0.25, -0.2) is 9.67 Å². The average molecular weight is 220 g/mol. The van der Waals surface area contributed by atoms with Gasteiger partial charge in [-0.3, -0.25) is 4.79 Å². The van der Waals surface area contributed by atoms with Crippen LogP contribution in [-0.2, 0) is 11.3 Å². The van der Waals surface area contributed by atoms with E-state index in [1.807, 2.05) is 0 Å². The van der Waals surface area contributed by atoms with Crippen LogP contribution in [0.25, 0.3) is 0 Å². The molecule has 0 fully saturated rings. The Balaban J connectivity index is 1.89. The molecule has 6 nitrogen and oxygen atoms in total. The molecular formula is C10H12N4O2. The highest BCUT2D eigenvalue weighted by molar-refractivity contribution is 5.79. The number of carbonyl (C=O) groups is 1. The number of carbonyl (C=O) groups excluding carboxylic acids is 1. The van der Waals surface area contributed by atoms with E-state index in [-0.39, 0.29) is 11.9 Å². The zero-order chi connectivity index (χ0) is 11.4. The van der Waals surface area contributed by atoms with Crippen LogP contribution in [0.15, 0.2) is 35.5 Å². The molecule has 2 heterocycles. The molecule has 0 aliphatic rings. The van der Waals surface area contributed by atoms with Crippen molar-refractivity contribution >= 4 is 5.91 Å². The number of nitrogens with zero attached hydrogens (tertiary/aromatic N) is 3. The van der Waals surface area contributed by atoms with Gasteiger partial charge in [0.25, 0.3) is 0 Å². The van der Waals surface area contributed by atoms with Crippen molar-refractivity contribution in [3.63, 3.8) is 0 Å². The van der Waals surface area contributed by atoms with Crippen molar-refractivity contribution in [1.82, 2.24) is 20.1 Å². The van der Waals surface area contributed by atoms with Gasteiger partial charge < -0.3 is 9.73 Å². The highest BCUT2D eigenvalue weighted by atomic mass is 16.3. The quantitative estimate of drug-likeness (QED) is 0.825. The molecule has 2 aromatic rings. The fraction of sp³-hybridized carbons (Fsp3) is 0.300. The Morgan fingerprint density at radius 2 is 2.56 bits per heavy atom. The van der Waals surface area contributed by atoms with Crippen LogP contribution in [0.4, 0.5) is 0 Å². The smallest absolute Gasteiger partial charge is 0.245 e. The van der Waals surface area contributed by atoms with Crippen LogP contribution in [0.5, 0.6) is 0 Å². The molecule has 1 N–H and O–H groups in total. The maximum Gasteiger partial charge on any atom is 0.245 e. The van der Waals surface area contributed by atoms with E-state index < -0.39 is 0 Å². The first-order valence-corrected chi connectivity index (χ1v) is 4.91. The van der Waals surface area contributed by atoms with Gasteiger partial charge >= 0.3 is 0 Å². The zero-order valence-electron chi connectivity index (χ0n) is 8.83. The van der Waals surface area contributed by atoms with Crippen LogP contribution in [0.3, 0.4) is 0 Å². The SMILES string of the molecule is C[C@@H](C(=O)NCc1ccco1)n1cncn1. The summed E-state index contributed by atoms with van der Waals surface area (Å²) in [5, 5.41) is 6.66. The van der Waals surface area contributed by atoms with Crippen molar-refractivity contribution in [2.75, 3.05) is 0 Å². The van der Waals surface area contributed by atoms with Gasteiger partial charge in [0.1, 0.15) is 24.5 Å². The van der Waals surface area contributed by atoms with E-state index in [1.165, 1.54) is 17.3 Å². The second kappa shape index (κ2) is 4.61. The van der Waals surface area contributed by atoms with E-state index in [4.69, 9.17) is 4.42 Å². The minimum atomic E-state index is -0.377. The molecule has 0 saturated carbocycles. The molecular weight excluding hydrogens is 208 g/mol. The molecule has 2 rings (SSSR count). The Bertz CT molecular complexity index is 435. The lowest BCUT2D eigenvalue weighted by molar-refractivity contribution is -0.124. The largest absolute Gasteiger partial charge is 0.467 e. The fourth-order valence-electron chi connectivity index (χ4n) is 1.27. The van der Waals surface area contributed by atoms with Crippen LogP contribution in [0.1, 0.15) is 18.7 Å². The van der Waals surface area contributed by atoms with Crippen LogP contribution in [0, 0.1) is 0 Å². The monoisotopic (exact) mass is 220 g/mol. The van der Waals surface area contributed by atoms with Gasteiger partial charge in [-0.05, 0) is 19.1 Å². The molecule has 6 heteroatoms. The minimum Gasteiger partial charge on any atom is -0.467 e. The van der Waals surface area contributed by atoms with Crippen molar-refractivity contribution in [3.8, 4) is 0 Å². The van der Waals surface area contributed by atoms with E-state index in [9.17, 15) is 4.79 Å². The molecule has 0 spiro atoms. The molecule has 0 aliphatic heterocycles. The Morgan fingerprint density at radius 1 is 1.69 bits per heavy atom. The third-order valence-corrected chi connectivity index (χ3v) is 2.23. The van der Waals surface area contributed by atoms with Gasteiger partial charge in [-0.2, -0.15) is 5.10 Å². The molecule has 1 atom stereocenters. The minimum absolute atomic E-state index is 0.123. The summed E-state index contributed by atoms with van der Waals surface area (Å²) in [5.41, 5.74) is 0. The molecule has 1 amide bonds. The van der Waals surface area contributed by atoms with E-state index in [0.29, 0.717) is 6.54 Å². The molecule has 0 aliphatic carbocycles. The lowest BCUT2D eigenvalue weighted by Crippen LogP contribution is -2.30. The average Bonchev–Trinajstić information content (AvgIpc) is 2.96. The number of furan rings is 1. The lowest BCUT2D eigenvalue weighted by Gasteiger charge is -2.10. The predicted molar refractivity (Wildman–Crippen MR) is 55.3 cm³/mol. The molecule has 0 saturated heterocycles. The van der Waals surface area contributed by atoms with Crippen molar-refractivity contribution in [2.24, 2.45) is 0 Å². The molecule has 0 bridgehead atoms. The number of hydrogen-bond acceptors (Lipinski definition) is 4. The van der Waals surface area contributed by atoms with E-state index >= 15 is 0 Å².